The van der Waals surface area contributed by atoms with Gasteiger partial charge in [-0.2, -0.15) is 5.10 Å². The maximum absolute atomic E-state index is 12.6. The van der Waals surface area contributed by atoms with E-state index in [0.29, 0.717) is 22.9 Å². The van der Waals surface area contributed by atoms with E-state index < -0.39 is 21.8 Å². The van der Waals surface area contributed by atoms with Crippen LogP contribution in [0, 0.1) is 6.92 Å². The summed E-state index contributed by atoms with van der Waals surface area (Å²) in [7, 11) is -1.70. The lowest BCUT2D eigenvalue weighted by molar-refractivity contribution is -0.133. The van der Waals surface area contributed by atoms with Gasteiger partial charge in [0, 0.05) is 23.9 Å². The van der Waals surface area contributed by atoms with Crippen molar-refractivity contribution in [1.29, 1.82) is 0 Å². The highest BCUT2D eigenvalue weighted by atomic mass is 35.5. The van der Waals surface area contributed by atoms with Crippen molar-refractivity contribution in [2.45, 2.75) is 32.2 Å². The lowest BCUT2D eigenvalue weighted by atomic mass is 10.1. The summed E-state index contributed by atoms with van der Waals surface area (Å²) in [5.41, 5.74) is 1.39. The smallest absolute Gasteiger partial charge is 0.271 e. The van der Waals surface area contributed by atoms with Crippen LogP contribution in [0.5, 0.6) is 5.75 Å². The van der Waals surface area contributed by atoms with Crippen molar-refractivity contribution in [3.63, 3.8) is 0 Å². The third-order valence-corrected chi connectivity index (χ3v) is 6.76. The zero-order valence-corrected chi connectivity index (χ0v) is 16.6. The number of hydrogen-bond donors (Lipinski definition) is 1. The van der Waals surface area contributed by atoms with E-state index in [9.17, 15) is 18.0 Å². The largest absolute Gasteiger partial charge is 0.495 e. The van der Waals surface area contributed by atoms with E-state index in [1.54, 1.807) is 19.1 Å². The van der Waals surface area contributed by atoms with Gasteiger partial charge in [0.1, 0.15) is 11.5 Å². The van der Waals surface area contributed by atoms with Gasteiger partial charge >= 0.3 is 0 Å². The summed E-state index contributed by atoms with van der Waals surface area (Å²) >= 11 is 6.07. The van der Waals surface area contributed by atoms with E-state index in [4.69, 9.17) is 16.3 Å². The van der Waals surface area contributed by atoms with Gasteiger partial charge in [-0.15, -0.1) is 0 Å². The quantitative estimate of drug-likeness (QED) is 0.809. The standard InChI is InChI=1S/C17H20ClN3O5S/c1-10-7-14(15(26-2)8-12(10)18)19-17(23)13-3-4-16(22)21(20-13)11-5-6-27(24,25)9-11/h7-8,11H,3-6,9H2,1-2H3,(H,19,23). The molecule has 1 fully saturated rings. The van der Waals surface area contributed by atoms with E-state index in [2.05, 4.69) is 10.4 Å². The molecule has 0 saturated carbocycles. The summed E-state index contributed by atoms with van der Waals surface area (Å²) in [4.78, 5) is 24.8. The topological polar surface area (TPSA) is 105 Å². The Morgan fingerprint density at radius 2 is 2.11 bits per heavy atom. The number of hydrogen-bond acceptors (Lipinski definition) is 6. The summed E-state index contributed by atoms with van der Waals surface area (Å²) in [6, 6.07) is 2.78. The van der Waals surface area contributed by atoms with Crippen molar-refractivity contribution < 1.29 is 22.7 Å². The second-order valence-electron chi connectivity index (χ2n) is 6.60. The van der Waals surface area contributed by atoms with Crippen LogP contribution >= 0.6 is 11.6 Å². The van der Waals surface area contributed by atoms with E-state index in [0.717, 1.165) is 10.6 Å². The highest BCUT2D eigenvalue weighted by Gasteiger charge is 2.37. The van der Waals surface area contributed by atoms with Gasteiger partial charge in [0.15, 0.2) is 9.84 Å². The number of nitrogens with one attached hydrogen (secondary N) is 1. The van der Waals surface area contributed by atoms with E-state index >= 15 is 0 Å². The fraction of sp³-hybridized carbons (Fsp3) is 0.471. The molecule has 0 bridgehead atoms. The summed E-state index contributed by atoms with van der Waals surface area (Å²) in [6.07, 6.45) is 0.631. The first kappa shape index (κ1) is 19.6. The molecular formula is C17H20ClN3O5S. The first-order chi connectivity index (χ1) is 12.7. The highest BCUT2D eigenvalue weighted by molar-refractivity contribution is 7.91. The minimum atomic E-state index is -3.17. The van der Waals surface area contributed by atoms with Gasteiger partial charge in [-0.25, -0.2) is 13.4 Å². The van der Waals surface area contributed by atoms with Crippen LogP contribution in [0.25, 0.3) is 0 Å². The molecule has 1 aromatic carbocycles. The Kier molecular flexibility index (Phi) is 5.43. The Hall–Kier alpha value is -2.13. The number of aryl methyl sites for hydroxylation is 1. The molecular weight excluding hydrogens is 394 g/mol. The van der Waals surface area contributed by atoms with Crippen LogP contribution in [0.2, 0.25) is 5.02 Å². The Morgan fingerprint density at radius 3 is 2.74 bits per heavy atom. The van der Waals surface area contributed by atoms with Gasteiger partial charge in [-0.05, 0) is 25.0 Å². The number of hydrazone groups is 1. The monoisotopic (exact) mass is 413 g/mol. The van der Waals surface area contributed by atoms with E-state index in [1.807, 2.05) is 0 Å². The van der Waals surface area contributed by atoms with Crippen molar-refractivity contribution in [2.75, 3.05) is 23.9 Å². The fourth-order valence-electron chi connectivity index (χ4n) is 3.11. The molecule has 10 heteroatoms. The van der Waals surface area contributed by atoms with Crippen LogP contribution in [0.4, 0.5) is 5.69 Å². The lowest BCUT2D eigenvalue weighted by Crippen LogP contribution is -2.42. The first-order valence-electron chi connectivity index (χ1n) is 8.45. The number of methoxy groups -OCH3 is 1. The molecule has 2 aliphatic heterocycles. The third kappa shape index (κ3) is 4.24. The number of halogens is 1. The molecule has 8 nitrogen and oxygen atoms in total. The SMILES string of the molecule is COc1cc(Cl)c(C)cc1NC(=O)C1=NN(C2CCS(=O)(=O)C2)C(=O)CC1. The molecule has 0 radical (unpaired) electrons. The third-order valence-electron chi connectivity index (χ3n) is 4.60. The maximum atomic E-state index is 12.6. The number of carbonyl (C=O) groups excluding carboxylic acids is 2. The number of sulfone groups is 1. The van der Waals surface area contributed by atoms with Crippen LogP contribution in [0.1, 0.15) is 24.8 Å². The number of rotatable bonds is 4. The lowest BCUT2D eigenvalue weighted by Gasteiger charge is -2.27. The molecule has 1 atom stereocenters. The zero-order chi connectivity index (χ0) is 19.8. The van der Waals surface area contributed by atoms with Gasteiger partial charge in [0.2, 0.25) is 5.91 Å². The van der Waals surface area contributed by atoms with Gasteiger partial charge in [-0.3, -0.25) is 9.59 Å². The van der Waals surface area contributed by atoms with Gasteiger partial charge in [0.05, 0.1) is 30.3 Å². The van der Waals surface area contributed by atoms with Crippen molar-refractivity contribution in [1.82, 2.24) is 5.01 Å². The zero-order valence-electron chi connectivity index (χ0n) is 15.0. The summed E-state index contributed by atoms with van der Waals surface area (Å²) in [5, 5.41) is 8.56. The molecule has 1 saturated heterocycles. The summed E-state index contributed by atoms with van der Waals surface area (Å²) in [6.45, 7) is 1.80. The van der Waals surface area contributed by atoms with Crippen molar-refractivity contribution in [3.8, 4) is 5.75 Å². The normalized spacial score (nSPS) is 21.7. The number of anilines is 1. The number of ether oxygens (including phenoxy) is 1. The van der Waals surface area contributed by atoms with Gasteiger partial charge in [0.25, 0.3) is 5.91 Å². The second kappa shape index (κ2) is 7.47. The molecule has 0 aliphatic carbocycles. The predicted octanol–water partition coefficient (Wildman–Crippen LogP) is 1.76. The Morgan fingerprint density at radius 1 is 1.37 bits per heavy atom. The minimum Gasteiger partial charge on any atom is -0.495 e. The summed E-state index contributed by atoms with van der Waals surface area (Å²) in [5.74, 6) is -0.423. The molecule has 2 heterocycles. The van der Waals surface area contributed by atoms with Crippen LogP contribution in [-0.4, -0.2) is 55.6 Å². The molecule has 0 aromatic heterocycles. The van der Waals surface area contributed by atoms with Gasteiger partial charge < -0.3 is 10.1 Å². The van der Waals surface area contributed by atoms with E-state index in [1.165, 1.54) is 7.11 Å². The first-order valence-corrected chi connectivity index (χ1v) is 10.7. The molecule has 1 N–H and O–H groups in total. The molecule has 3 rings (SSSR count). The number of carbonyl (C=O) groups is 2. The fourth-order valence-corrected chi connectivity index (χ4v) is 4.96. The average Bonchev–Trinajstić information content (AvgIpc) is 2.97. The van der Waals surface area contributed by atoms with Gasteiger partial charge in [-0.1, -0.05) is 11.6 Å². The molecule has 0 spiro atoms. The molecule has 2 amide bonds. The van der Waals surface area contributed by atoms with Crippen molar-refractivity contribution in [3.05, 3.63) is 22.7 Å². The van der Waals surface area contributed by atoms with Crippen LogP contribution in [0.15, 0.2) is 17.2 Å². The maximum Gasteiger partial charge on any atom is 0.271 e. The predicted molar refractivity (Wildman–Crippen MR) is 102 cm³/mol. The molecule has 1 aromatic rings. The summed E-state index contributed by atoms with van der Waals surface area (Å²) < 4.78 is 28.6. The molecule has 146 valence electrons. The molecule has 27 heavy (non-hydrogen) atoms. The van der Waals surface area contributed by atoms with Crippen LogP contribution < -0.4 is 10.1 Å². The highest BCUT2D eigenvalue weighted by Crippen LogP contribution is 2.31. The number of nitrogens with zero attached hydrogens (tertiary/aromatic N) is 2. The van der Waals surface area contributed by atoms with Crippen molar-refractivity contribution >= 4 is 44.7 Å². The number of amides is 2. The van der Waals surface area contributed by atoms with Crippen molar-refractivity contribution in [2.24, 2.45) is 5.10 Å². The second-order valence-corrected chi connectivity index (χ2v) is 9.23. The average molecular weight is 414 g/mol. The minimum absolute atomic E-state index is 0.0275. The Labute approximate surface area is 162 Å². The molecule has 2 aliphatic rings. The Bertz CT molecular complexity index is 929. The van der Waals surface area contributed by atoms with E-state index in [-0.39, 0.29) is 36.0 Å². The Balaban J connectivity index is 1.81. The van der Waals surface area contributed by atoms with Crippen LogP contribution in [-0.2, 0) is 19.4 Å². The number of benzene rings is 1. The van der Waals surface area contributed by atoms with Crippen LogP contribution in [0.3, 0.4) is 0 Å². The molecule has 1 unspecified atom stereocenters.